The summed E-state index contributed by atoms with van der Waals surface area (Å²) >= 11 is 0. The van der Waals surface area contributed by atoms with Crippen LogP contribution in [0.2, 0.25) is 0 Å². The Balaban J connectivity index is 1.76. The number of nitrogens with zero attached hydrogens (tertiary/aromatic N) is 2. The minimum atomic E-state index is -0.477. The molecule has 0 aliphatic carbocycles. The van der Waals surface area contributed by atoms with Gasteiger partial charge in [0.1, 0.15) is 18.5 Å². The molecule has 1 aromatic rings. The second kappa shape index (κ2) is 8.93. The monoisotopic (exact) mass is 316 g/mol. The maximum absolute atomic E-state index is 10.2. The van der Waals surface area contributed by atoms with Crippen LogP contribution in [0.15, 0.2) is 24.3 Å². The normalized spacial score (nSPS) is 17.9. The highest BCUT2D eigenvalue weighted by Crippen LogP contribution is 2.25. The second-order valence-corrected chi connectivity index (χ2v) is 6.44. The van der Waals surface area contributed by atoms with Crippen LogP contribution in [0.25, 0.3) is 0 Å². The van der Waals surface area contributed by atoms with Crippen molar-refractivity contribution in [3.05, 3.63) is 29.8 Å². The number of aliphatic hydroxyl groups is 1. The third kappa shape index (κ3) is 5.54. The molecule has 1 saturated heterocycles. The van der Waals surface area contributed by atoms with Crippen LogP contribution in [0.5, 0.6) is 5.75 Å². The van der Waals surface area contributed by atoms with Crippen molar-refractivity contribution < 1.29 is 9.84 Å². The number of piperazine rings is 1. The summed E-state index contributed by atoms with van der Waals surface area (Å²) in [5, 5.41) is 10.2. The fourth-order valence-electron chi connectivity index (χ4n) is 2.88. The van der Waals surface area contributed by atoms with E-state index in [1.807, 2.05) is 18.2 Å². The summed E-state index contributed by atoms with van der Waals surface area (Å²) in [5.41, 5.74) is 1.18. The number of β-amino-alcohol motifs (C(OH)–C–C–N with tert-alkyl or cyclic N) is 1. The van der Waals surface area contributed by atoms with Crippen LogP contribution in [0.3, 0.4) is 0 Å². The van der Waals surface area contributed by atoms with E-state index in [9.17, 15) is 5.11 Å². The molecule has 1 aliphatic heterocycles. The third-order valence-corrected chi connectivity index (χ3v) is 4.22. The summed E-state index contributed by atoms with van der Waals surface area (Å²) in [6.45, 7) is 9.81. The van der Waals surface area contributed by atoms with Crippen LogP contribution in [0.4, 0.5) is 0 Å². The van der Waals surface area contributed by atoms with Crippen LogP contribution in [0.1, 0.15) is 25.3 Å². The van der Waals surface area contributed by atoms with Crippen LogP contribution in [0, 0.1) is 12.3 Å². The molecule has 0 bridgehead atoms. The molecule has 0 amide bonds. The largest absolute Gasteiger partial charge is 0.491 e. The molecule has 0 radical (unpaired) electrons. The molecule has 0 aromatic heterocycles. The zero-order valence-electron chi connectivity index (χ0n) is 14.2. The first-order valence-electron chi connectivity index (χ1n) is 8.38. The Morgan fingerprint density at radius 1 is 1.17 bits per heavy atom. The van der Waals surface area contributed by atoms with E-state index in [2.05, 4.69) is 35.6 Å². The van der Waals surface area contributed by atoms with Gasteiger partial charge in [-0.05, 0) is 17.5 Å². The van der Waals surface area contributed by atoms with Crippen molar-refractivity contribution in [1.29, 1.82) is 0 Å². The molecule has 1 aromatic carbocycles. The van der Waals surface area contributed by atoms with Gasteiger partial charge in [-0.25, -0.2) is 0 Å². The lowest BCUT2D eigenvalue weighted by Crippen LogP contribution is -2.49. The van der Waals surface area contributed by atoms with Gasteiger partial charge in [0.2, 0.25) is 0 Å². The maximum Gasteiger partial charge on any atom is 0.122 e. The lowest BCUT2D eigenvalue weighted by atomic mass is 10.0. The van der Waals surface area contributed by atoms with E-state index < -0.39 is 6.10 Å². The summed E-state index contributed by atoms with van der Waals surface area (Å²) in [6, 6.07) is 8.05. The molecule has 1 unspecified atom stereocenters. The number of terminal acetylenes is 1. The van der Waals surface area contributed by atoms with Gasteiger partial charge in [-0.3, -0.25) is 9.80 Å². The van der Waals surface area contributed by atoms with E-state index in [1.54, 1.807) is 0 Å². The van der Waals surface area contributed by atoms with Crippen LogP contribution in [-0.4, -0.2) is 66.9 Å². The maximum atomic E-state index is 10.2. The van der Waals surface area contributed by atoms with E-state index in [1.165, 1.54) is 5.56 Å². The fourth-order valence-corrected chi connectivity index (χ4v) is 2.88. The Morgan fingerprint density at radius 2 is 1.83 bits per heavy atom. The van der Waals surface area contributed by atoms with Crippen molar-refractivity contribution in [2.45, 2.75) is 25.9 Å². The first-order valence-corrected chi connectivity index (χ1v) is 8.38. The Kier molecular flexibility index (Phi) is 6.91. The van der Waals surface area contributed by atoms with Crippen molar-refractivity contribution in [1.82, 2.24) is 9.80 Å². The van der Waals surface area contributed by atoms with Gasteiger partial charge in [0, 0.05) is 32.7 Å². The minimum absolute atomic E-state index is 0.328. The van der Waals surface area contributed by atoms with Crippen molar-refractivity contribution in [3.8, 4) is 18.1 Å². The van der Waals surface area contributed by atoms with Gasteiger partial charge < -0.3 is 9.84 Å². The summed E-state index contributed by atoms with van der Waals surface area (Å²) in [7, 11) is 0. The van der Waals surface area contributed by atoms with Crippen LogP contribution in [-0.2, 0) is 0 Å². The average Bonchev–Trinajstić information content (AvgIpc) is 2.55. The molecular weight excluding hydrogens is 288 g/mol. The van der Waals surface area contributed by atoms with E-state index in [4.69, 9.17) is 11.2 Å². The molecule has 23 heavy (non-hydrogen) atoms. The van der Waals surface area contributed by atoms with E-state index >= 15 is 0 Å². The summed E-state index contributed by atoms with van der Waals surface area (Å²) < 4.78 is 5.85. The molecule has 4 nitrogen and oxygen atoms in total. The minimum Gasteiger partial charge on any atom is -0.491 e. The van der Waals surface area contributed by atoms with Crippen molar-refractivity contribution >= 4 is 0 Å². The van der Waals surface area contributed by atoms with E-state index in [0.29, 0.717) is 25.6 Å². The summed E-state index contributed by atoms with van der Waals surface area (Å²) in [5.74, 6) is 3.97. The highest BCUT2D eigenvalue weighted by atomic mass is 16.5. The van der Waals surface area contributed by atoms with Gasteiger partial charge in [0.25, 0.3) is 0 Å². The first-order chi connectivity index (χ1) is 11.1. The number of hydrogen-bond acceptors (Lipinski definition) is 4. The molecule has 1 heterocycles. The molecule has 0 spiro atoms. The highest BCUT2D eigenvalue weighted by molar-refractivity contribution is 5.35. The second-order valence-electron chi connectivity index (χ2n) is 6.44. The number of rotatable bonds is 7. The van der Waals surface area contributed by atoms with Crippen molar-refractivity contribution in [3.63, 3.8) is 0 Å². The molecule has 2 rings (SSSR count). The van der Waals surface area contributed by atoms with Gasteiger partial charge in [0.15, 0.2) is 0 Å². The third-order valence-electron chi connectivity index (χ3n) is 4.22. The number of ether oxygens (including phenoxy) is 1. The van der Waals surface area contributed by atoms with Crippen LogP contribution >= 0.6 is 0 Å². The standard InChI is InChI=1S/C19H28N2O2/c1-4-9-20-10-12-21(13-11-20)14-17(22)15-23-19-8-6-5-7-18(19)16(2)3/h1,5-8,16-17,22H,9-15H2,2-3H3. The predicted molar refractivity (Wildman–Crippen MR) is 93.7 cm³/mol. The Hall–Kier alpha value is -1.54. The zero-order valence-corrected chi connectivity index (χ0v) is 14.2. The number of aliphatic hydroxyl groups excluding tert-OH is 1. The fraction of sp³-hybridized carbons (Fsp3) is 0.579. The summed E-state index contributed by atoms with van der Waals surface area (Å²) in [6.07, 6.45) is 4.86. The van der Waals surface area contributed by atoms with E-state index in [0.717, 1.165) is 31.9 Å². The van der Waals surface area contributed by atoms with Gasteiger partial charge in [-0.15, -0.1) is 6.42 Å². The SMILES string of the molecule is C#CCN1CCN(CC(O)COc2ccccc2C(C)C)CC1. The predicted octanol–water partition coefficient (Wildman–Crippen LogP) is 1.80. The Labute approximate surface area is 140 Å². The summed E-state index contributed by atoms with van der Waals surface area (Å²) in [4.78, 5) is 4.54. The van der Waals surface area contributed by atoms with Crippen LogP contribution < -0.4 is 4.74 Å². The van der Waals surface area contributed by atoms with E-state index in [-0.39, 0.29) is 0 Å². The first kappa shape index (κ1) is 17.8. The molecular formula is C19H28N2O2. The molecule has 0 saturated carbocycles. The number of para-hydroxylation sites is 1. The molecule has 1 aliphatic rings. The quantitative estimate of drug-likeness (QED) is 0.778. The van der Waals surface area contributed by atoms with Gasteiger partial charge in [-0.2, -0.15) is 0 Å². The number of benzene rings is 1. The molecule has 1 atom stereocenters. The van der Waals surface area contributed by atoms with Gasteiger partial charge >= 0.3 is 0 Å². The van der Waals surface area contributed by atoms with Gasteiger partial charge in [0.05, 0.1) is 6.54 Å². The lowest BCUT2D eigenvalue weighted by Gasteiger charge is -2.34. The Bertz CT molecular complexity index is 516. The Morgan fingerprint density at radius 3 is 2.48 bits per heavy atom. The molecule has 126 valence electrons. The highest BCUT2D eigenvalue weighted by Gasteiger charge is 2.19. The lowest BCUT2D eigenvalue weighted by molar-refractivity contribution is 0.0482. The smallest absolute Gasteiger partial charge is 0.122 e. The molecule has 1 fully saturated rings. The molecule has 1 N–H and O–H groups in total. The zero-order chi connectivity index (χ0) is 16.7. The van der Waals surface area contributed by atoms with Crippen molar-refractivity contribution in [2.24, 2.45) is 0 Å². The van der Waals surface area contributed by atoms with Gasteiger partial charge in [-0.1, -0.05) is 38.0 Å². The molecule has 4 heteroatoms. The number of hydrogen-bond donors (Lipinski definition) is 1. The average molecular weight is 316 g/mol. The van der Waals surface area contributed by atoms with Crippen molar-refractivity contribution in [2.75, 3.05) is 45.9 Å². The topological polar surface area (TPSA) is 35.9 Å².